The van der Waals surface area contributed by atoms with Gasteiger partial charge in [0.2, 0.25) is 0 Å². The van der Waals surface area contributed by atoms with Gasteiger partial charge in [0, 0.05) is 17.0 Å². The number of aliphatic hydroxyl groups excluding tert-OH is 1. The average molecular weight is 409 g/mol. The molecule has 2 aromatic carbocycles. The molecule has 0 fully saturated rings. The minimum atomic E-state index is -2.49. The topological polar surface area (TPSA) is 67.8 Å². The van der Waals surface area contributed by atoms with Crippen LogP contribution in [0.5, 0.6) is 11.5 Å². The van der Waals surface area contributed by atoms with Crippen molar-refractivity contribution >= 4 is 23.4 Å². The molecule has 28 heavy (non-hydrogen) atoms. The van der Waals surface area contributed by atoms with Crippen LogP contribution in [0.3, 0.4) is 0 Å². The summed E-state index contributed by atoms with van der Waals surface area (Å²) in [5.41, 5.74) is 0.521. The number of benzene rings is 2. The Balaban J connectivity index is 1.61. The highest BCUT2D eigenvalue weighted by atomic mass is 32.2. The fourth-order valence-electron chi connectivity index (χ4n) is 3.03. The quantitative estimate of drug-likeness (QED) is 0.682. The number of amides is 1. The predicted octanol–water partition coefficient (Wildman–Crippen LogP) is 4.61. The first kappa shape index (κ1) is 20.4. The smallest absolute Gasteiger partial charge is 0.288 e. The number of carbonyl (C=O) groups excluding carboxylic acids is 1. The maximum absolute atomic E-state index is 12.3. The molecule has 5 nitrogen and oxygen atoms in total. The molecular formula is C20H21F2NO4S. The summed E-state index contributed by atoms with van der Waals surface area (Å²) in [4.78, 5) is 12.6. The van der Waals surface area contributed by atoms with Crippen molar-refractivity contribution in [3.8, 4) is 11.5 Å². The summed E-state index contributed by atoms with van der Waals surface area (Å²) < 4.78 is 36.1. The highest BCUT2D eigenvalue weighted by molar-refractivity contribution is 7.99. The van der Waals surface area contributed by atoms with E-state index in [2.05, 4.69) is 5.32 Å². The van der Waals surface area contributed by atoms with Gasteiger partial charge in [-0.2, -0.15) is 8.78 Å². The molecule has 0 saturated heterocycles. The lowest BCUT2D eigenvalue weighted by Gasteiger charge is -2.36. The predicted molar refractivity (Wildman–Crippen MR) is 103 cm³/mol. The van der Waals surface area contributed by atoms with Crippen molar-refractivity contribution in [2.45, 2.75) is 42.6 Å². The normalized spacial score (nSPS) is 17.6. The Kier molecular flexibility index (Phi) is 6.10. The summed E-state index contributed by atoms with van der Waals surface area (Å²) >= 11 is 0.440. The number of hydrogen-bond acceptors (Lipinski definition) is 5. The zero-order chi connectivity index (χ0) is 20.3. The number of aliphatic hydroxyl groups is 1. The van der Waals surface area contributed by atoms with Crippen LogP contribution in [-0.4, -0.2) is 29.0 Å². The Labute approximate surface area is 166 Å². The van der Waals surface area contributed by atoms with E-state index in [0.717, 1.165) is 0 Å². The maximum atomic E-state index is 12.3. The van der Waals surface area contributed by atoms with Crippen molar-refractivity contribution in [2.75, 3.05) is 11.9 Å². The third-order valence-electron chi connectivity index (χ3n) is 4.15. The van der Waals surface area contributed by atoms with Gasteiger partial charge in [-0.25, -0.2) is 0 Å². The van der Waals surface area contributed by atoms with Gasteiger partial charge in [-0.05, 0) is 50.2 Å². The highest BCUT2D eigenvalue weighted by Gasteiger charge is 2.34. The molecule has 1 atom stereocenters. The van der Waals surface area contributed by atoms with Crippen LogP contribution in [0.15, 0.2) is 47.4 Å². The van der Waals surface area contributed by atoms with Crippen LogP contribution in [0.1, 0.15) is 31.9 Å². The van der Waals surface area contributed by atoms with Crippen LogP contribution in [0.25, 0.3) is 0 Å². The van der Waals surface area contributed by atoms with Gasteiger partial charge in [0.1, 0.15) is 17.1 Å². The number of carbonyl (C=O) groups is 1. The van der Waals surface area contributed by atoms with Crippen LogP contribution in [0, 0.1) is 0 Å². The zero-order valence-electron chi connectivity index (χ0n) is 15.4. The molecule has 0 spiro atoms. The maximum Gasteiger partial charge on any atom is 0.288 e. The summed E-state index contributed by atoms with van der Waals surface area (Å²) in [5.74, 6) is -1.97. The molecule has 0 bridgehead atoms. The molecule has 1 aliphatic rings. The Bertz CT molecular complexity index is 843. The van der Waals surface area contributed by atoms with E-state index in [4.69, 9.17) is 9.47 Å². The van der Waals surface area contributed by atoms with Crippen molar-refractivity contribution < 1.29 is 28.2 Å². The molecule has 2 aromatic rings. The molecule has 0 saturated carbocycles. The summed E-state index contributed by atoms with van der Waals surface area (Å²) in [6.45, 7) is 3.52. The van der Waals surface area contributed by atoms with E-state index in [1.54, 1.807) is 30.3 Å². The molecule has 1 amide bonds. The number of hydrogen-bond donors (Lipinski definition) is 2. The van der Waals surface area contributed by atoms with E-state index >= 15 is 0 Å². The molecule has 2 N–H and O–H groups in total. The molecule has 150 valence electrons. The third kappa shape index (κ3) is 5.14. The first-order valence-electron chi connectivity index (χ1n) is 8.71. The monoisotopic (exact) mass is 409 g/mol. The minimum absolute atomic E-state index is 0.264. The van der Waals surface area contributed by atoms with Crippen LogP contribution >= 0.6 is 11.8 Å². The van der Waals surface area contributed by atoms with Gasteiger partial charge in [0.05, 0.1) is 11.7 Å². The lowest BCUT2D eigenvalue weighted by atomic mass is 9.91. The average Bonchev–Trinajstić information content (AvgIpc) is 2.60. The van der Waals surface area contributed by atoms with Crippen LogP contribution in [-0.2, 0) is 4.79 Å². The van der Waals surface area contributed by atoms with Crippen LogP contribution in [0.2, 0.25) is 0 Å². The lowest BCUT2D eigenvalue weighted by molar-refractivity contribution is -0.118. The van der Waals surface area contributed by atoms with Crippen molar-refractivity contribution in [3.05, 3.63) is 48.0 Å². The van der Waals surface area contributed by atoms with Crippen molar-refractivity contribution in [2.24, 2.45) is 0 Å². The number of alkyl halides is 2. The van der Waals surface area contributed by atoms with E-state index < -0.39 is 23.4 Å². The van der Waals surface area contributed by atoms with E-state index in [9.17, 15) is 18.7 Å². The van der Waals surface area contributed by atoms with Crippen molar-refractivity contribution in [1.82, 2.24) is 0 Å². The Morgan fingerprint density at radius 2 is 2.04 bits per heavy atom. The summed E-state index contributed by atoms with van der Waals surface area (Å²) in [5, 5.41) is 13.1. The largest absolute Gasteiger partial charge is 0.487 e. The van der Waals surface area contributed by atoms with Gasteiger partial charge in [0.15, 0.2) is 6.61 Å². The number of ether oxygens (including phenoxy) is 2. The summed E-state index contributed by atoms with van der Waals surface area (Å²) in [6, 6.07) is 11.3. The fourth-order valence-corrected chi connectivity index (χ4v) is 3.53. The number of rotatable bonds is 6. The summed E-state index contributed by atoms with van der Waals surface area (Å²) in [7, 11) is 0. The Hall–Kier alpha value is -2.32. The van der Waals surface area contributed by atoms with Crippen molar-refractivity contribution in [1.29, 1.82) is 0 Å². The molecule has 8 heteroatoms. The molecule has 0 unspecified atom stereocenters. The Morgan fingerprint density at radius 1 is 1.32 bits per heavy atom. The van der Waals surface area contributed by atoms with Gasteiger partial charge in [-0.15, -0.1) is 0 Å². The highest BCUT2D eigenvalue weighted by Crippen LogP contribution is 2.44. The molecule has 3 rings (SSSR count). The Morgan fingerprint density at radius 3 is 2.71 bits per heavy atom. The molecule has 1 heterocycles. The molecular weight excluding hydrogens is 388 g/mol. The van der Waals surface area contributed by atoms with E-state index in [1.807, 2.05) is 13.8 Å². The third-order valence-corrected chi connectivity index (χ3v) is 4.88. The minimum Gasteiger partial charge on any atom is -0.487 e. The fraction of sp³-hybridized carbons (Fsp3) is 0.350. The molecule has 0 radical (unpaired) electrons. The lowest BCUT2D eigenvalue weighted by Crippen LogP contribution is -2.35. The van der Waals surface area contributed by atoms with E-state index in [-0.39, 0.29) is 6.61 Å². The first-order valence-corrected chi connectivity index (χ1v) is 9.59. The van der Waals surface area contributed by atoms with Gasteiger partial charge >= 0.3 is 0 Å². The second-order valence-electron chi connectivity index (χ2n) is 6.99. The number of nitrogens with one attached hydrogen (secondary N) is 1. The second kappa shape index (κ2) is 8.36. The standard InChI is InChI=1S/C20H21F2NO4S/c1-20(2)10-14(24)18-15(4-3-5-16(18)27-20)26-11-17(25)23-12-6-8-13(9-7-12)28-19(21)22/h3-9,14,19,24H,10-11H2,1-2H3,(H,23,25)/t14-/m1/s1. The first-order chi connectivity index (χ1) is 13.2. The van der Waals surface area contributed by atoms with Crippen molar-refractivity contribution in [3.63, 3.8) is 0 Å². The SMILES string of the molecule is CC1(C)C[C@@H](O)c2c(OCC(=O)Nc3ccc(SC(F)F)cc3)cccc2O1. The molecule has 0 aliphatic carbocycles. The van der Waals surface area contributed by atoms with E-state index in [1.165, 1.54) is 12.1 Å². The number of thioether (sulfide) groups is 1. The van der Waals surface area contributed by atoms with Gasteiger partial charge in [-0.1, -0.05) is 17.8 Å². The van der Waals surface area contributed by atoms with Crippen LogP contribution in [0.4, 0.5) is 14.5 Å². The van der Waals surface area contributed by atoms with Gasteiger partial charge in [-0.3, -0.25) is 4.79 Å². The van der Waals surface area contributed by atoms with Gasteiger partial charge < -0.3 is 19.9 Å². The van der Waals surface area contributed by atoms with Gasteiger partial charge in [0.25, 0.3) is 11.7 Å². The molecule has 0 aromatic heterocycles. The van der Waals surface area contributed by atoms with Crippen LogP contribution < -0.4 is 14.8 Å². The number of anilines is 1. The second-order valence-corrected chi connectivity index (χ2v) is 8.05. The number of fused-ring (bicyclic) bond motifs is 1. The van der Waals surface area contributed by atoms with E-state index in [0.29, 0.717) is 45.8 Å². The summed E-state index contributed by atoms with van der Waals surface area (Å²) in [6.07, 6.45) is -0.340. The molecule has 1 aliphatic heterocycles. The zero-order valence-corrected chi connectivity index (χ0v) is 16.3. The number of halogens is 2.